The number of rotatable bonds is 73. The summed E-state index contributed by atoms with van der Waals surface area (Å²) in [6.07, 6.45) is 98.9. The Morgan fingerprint density at radius 3 is 0.679 bits per heavy atom. The predicted molar refractivity (Wildman–Crippen MR) is 364 cm³/mol. The van der Waals surface area contributed by atoms with E-state index in [4.69, 9.17) is 0 Å². The largest absolute Gasteiger partial charge is 0.394 e. The van der Waals surface area contributed by atoms with Gasteiger partial charge in [0.1, 0.15) is 0 Å². The molecule has 0 saturated heterocycles. The van der Waals surface area contributed by atoms with Crippen molar-refractivity contribution in [2.75, 3.05) is 6.61 Å². The number of carbonyl (C=O) groups is 1. The highest BCUT2D eigenvalue weighted by Crippen LogP contribution is 2.20. The van der Waals surface area contributed by atoms with Crippen LogP contribution in [0.15, 0.2) is 12.2 Å². The smallest absolute Gasteiger partial charge is 0.220 e. The van der Waals surface area contributed by atoms with Gasteiger partial charge in [0.25, 0.3) is 0 Å². The van der Waals surface area contributed by atoms with Gasteiger partial charge in [-0.3, -0.25) is 4.79 Å². The lowest BCUT2D eigenvalue weighted by molar-refractivity contribution is -0.123. The third-order valence-electron chi connectivity index (χ3n) is 18.5. The molecule has 0 radical (unpaired) electrons. The van der Waals surface area contributed by atoms with Gasteiger partial charge in [-0.25, -0.2) is 0 Å². The van der Waals surface area contributed by atoms with E-state index in [1.165, 1.54) is 405 Å². The van der Waals surface area contributed by atoms with E-state index in [0.29, 0.717) is 12.8 Å². The lowest BCUT2D eigenvalue weighted by atomic mass is 10.0. The molecule has 0 spiro atoms. The molecular weight excluding hydrogens is 987 g/mol. The second kappa shape index (κ2) is 73.4. The van der Waals surface area contributed by atoms with Crippen molar-refractivity contribution in [2.45, 2.75) is 469 Å². The zero-order chi connectivity index (χ0) is 58.4. The fourth-order valence-electron chi connectivity index (χ4n) is 12.7. The average molecular weight is 1140 g/mol. The number of carbonyl (C=O) groups excluding carboxylic acids is 1. The lowest BCUT2D eigenvalue weighted by Gasteiger charge is -2.22. The van der Waals surface area contributed by atoms with Crippen molar-refractivity contribution in [3.05, 3.63) is 12.2 Å². The lowest BCUT2D eigenvalue weighted by Crippen LogP contribution is -2.45. The highest BCUT2D eigenvalue weighted by atomic mass is 16.3. The van der Waals surface area contributed by atoms with Crippen molar-refractivity contribution >= 4 is 5.91 Å². The van der Waals surface area contributed by atoms with Crippen molar-refractivity contribution < 1.29 is 15.0 Å². The number of hydrogen-bond acceptors (Lipinski definition) is 3. The van der Waals surface area contributed by atoms with Gasteiger partial charge in [0, 0.05) is 6.42 Å². The third kappa shape index (κ3) is 69.8. The van der Waals surface area contributed by atoms with E-state index in [1.54, 1.807) is 0 Å². The van der Waals surface area contributed by atoms with Gasteiger partial charge >= 0.3 is 0 Å². The minimum Gasteiger partial charge on any atom is -0.394 e. The van der Waals surface area contributed by atoms with Crippen molar-refractivity contribution in [2.24, 2.45) is 0 Å². The first-order chi connectivity index (χ1) is 40.2. The van der Waals surface area contributed by atoms with Crippen LogP contribution in [0.4, 0.5) is 0 Å². The van der Waals surface area contributed by atoms with E-state index in [1.807, 2.05) is 0 Å². The summed E-state index contributed by atoms with van der Waals surface area (Å²) in [5.41, 5.74) is 0. The maximum Gasteiger partial charge on any atom is 0.220 e. The maximum atomic E-state index is 12.6. The first kappa shape index (κ1) is 80.1. The van der Waals surface area contributed by atoms with Gasteiger partial charge in [-0.05, 0) is 38.5 Å². The number of aliphatic hydroxyl groups excluding tert-OH is 2. The summed E-state index contributed by atoms with van der Waals surface area (Å²) in [6.45, 7) is 4.42. The van der Waals surface area contributed by atoms with Crippen LogP contribution in [0, 0.1) is 0 Å². The van der Waals surface area contributed by atoms with Gasteiger partial charge in [0.05, 0.1) is 18.8 Å². The van der Waals surface area contributed by atoms with Crippen LogP contribution >= 0.6 is 0 Å². The van der Waals surface area contributed by atoms with Gasteiger partial charge in [-0.2, -0.15) is 0 Å². The molecule has 0 aromatic rings. The molecule has 0 bridgehead atoms. The molecule has 3 N–H and O–H groups in total. The van der Waals surface area contributed by atoms with Gasteiger partial charge in [0.15, 0.2) is 0 Å². The van der Waals surface area contributed by atoms with Crippen molar-refractivity contribution in [3.63, 3.8) is 0 Å². The standard InChI is InChI=1S/C77H153NO3/c1-3-5-7-9-11-13-15-17-19-21-23-25-27-29-31-33-35-36-37-38-39-40-41-42-43-45-47-49-51-53-55-57-59-61-63-65-67-69-71-73-77(81)78-75(74-79)76(80)72-70-68-66-64-62-60-58-56-54-52-50-48-46-44-34-32-30-28-26-24-22-20-18-16-14-12-10-8-6-4-2/h21,23,75-76,79-80H,3-20,22,24-74H2,1-2H3,(H,78,81)/b23-21-. The summed E-state index contributed by atoms with van der Waals surface area (Å²) in [5, 5.41) is 23.5. The molecule has 0 aromatic heterocycles. The van der Waals surface area contributed by atoms with Crippen LogP contribution in [0.1, 0.15) is 457 Å². The summed E-state index contributed by atoms with van der Waals surface area (Å²) in [4.78, 5) is 12.6. The third-order valence-corrected chi connectivity index (χ3v) is 18.5. The Labute approximate surface area is 511 Å². The Bertz CT molecular complexity index is 1160. The molecule has 1 amide bonds. The second-order valence-corrected chi connectivity index (χ2v) is 26.8. The van der Waals surface area contributed by atoms with Crippen molar-refractivity contribution in [3.8, 4) is 0 Å². The Kier molecular flexibility index (Phi) is 72.6. The molecule has 0 heterocycles. The topological polar surface area (TPSA) is 69.6 Å². The highest BCUT2D eigenvalue weighted by molar-refractivity contribution is 5.76. The summed E-state index contributed by atoms with van der Waals surface area (Å²) in [5.74, 6) is -0.0192. The summed E-state index contributed by atoms with van der Waals surface area (Å²) >= 11 is 0. The Hall–Kier alpha value is -0.870. The predicted octanol–water partition coefficient (Wildman–Crippen LogP) is 26.3. The van der Waals surface area contributed by atoms with Crippen molar-refractivity contribution in [1.82, 2.24) is 5.32 Å². The number of allylic oxidation sites excluding steroid dienone is 2. The molecule has 4 nitrogen and oxygen atoms in total. The minimum absolute atomic E-state index is 0.0192. The molecule has 4 heteroatoms. The molecule has 2 atom stereocenters. The molecule has 0 aliphatic carbocycles. The fourth-order valence-corrected chi connectivity index (χ4v) is 12.7. The number of aliphatic hydroxyl groups is 2. The Balaban J connectivity index is 3.34. The summed E-state index contributed by atoms with van der Waals surface area (Å²) < 4.78 is 0. The first-order valence-corrected chi connectivity index (χ1v) is 38.4. The molecule has 0 fully saturated rings. The van der Waals surface area contributed by atoms with Crippen LogP contribution in [-0.4, -0.2) is 34.9 Å². The Morgan fingerprint density at radius 1 is 0.284 bits per heavy atom. The monoisotopic (exact) mass is 1140 g/mol. The van der Waals surface area contributed by atoms with Crippen LogP contribution in [-0.2, 0) is 4.79 Å². The van der Waals surface area contributed by atoms with E-state index in [2.05, 4.69) is 31.3 Å². The van der Waals surface area contributed by atoms with Gasteiger partial charge < -0.3 is 15.5 Å². The van der Waals surface area contributed by atoms with Gasteiger partial charge in [-0.15, -0.1) is 0 Å². The second-order valence-electron chi connectivity index (χ2n) is 26.8. The van der Waals surface area contributed by atoms with E-state index >= 15 is 0 Å². The zero-order valence-corrected chi connectivity index (χ0v) is 56.1. The summed E-state index contributed by atoms with van der Waals surface area (Å²) in [6, 6.07) is -0.534. The van der Waals surface area contributed by atoms with Crippen LogP contribution in [0.2, 0.25) is 0 Å². The van der Waals surface area contributed by atoms with Crippen LogP contribution in [0.3, 0.4) is 0 Å². The van der Waals surface area contributed by atoms with Crippen LogP contribution in [0.5, 0.6) is 0 Å². The fraction of sp³-hybridized carbons (Fsp3) is 0.961. The zero-order valence-electron chi connectivity index (χ0n) is 56.1. The van der Waals surface area contributed by atoms with Crippen molar-refractivity contribution in [1.29, 1.82) is 0 Å². The molecule has 0 aliphatic rings. The highest BCUT2D eigenvalue weighted by Gasteiger charge is 2.20. The number of nitrogens with one attached hydrogen (secondary N) is 1. The minimum atomic E-state index is -0.658. The molecule has 81 heavy (non-hydrogen) atoms. The van der Waals surface area contributed by atoms with E-state index in [9.17, 15) is 15.0 Å². The molecular formula is C77H153NO3. The van der Waals surface area contributed by atoms with Crippen LogP contribution < -0.4 is 5.32 Å². The average Bonchev–Trinajstić information content (AvgIpc) is 3.47. The molecule has 0 rings (SSSR count). The van der Waals surface area contributed by atoms with Gasteiger partial charge in [0.2, 0.25) is 5.91 Å². The first-order valence-electron chi connectivity index (χ1n) is 38.4. The SMILES string of the molecule is CCCCCCCCCC/C=C\CCCCCCCCCCCCCCCCCCCCCCCCCCCCCC(=O)NC(CO)C(O)CCCCCCCCCCCCCCCCCCCCCCCCCCCCCCCC. The quantitative estimate of drug-likeness (QED) is 0.0420. The van der Waals surface area contributed by atoms with E-state index < -0.39 is 12.1 Å². The maximum absolute atomic E-state index is 12.6. The molecule has 0 aliphatic heterocycles. The number of unbranched alkanes of at least 4 members (excludes halogenated alkanes) is 64. The summed E-state index contributed by atoms with van der Waals surface area (Å²) in [7, 11) is 0. The van der Waals surface area contributed by atoms with E-state index in [-0.39, 0.29) is 12.5 Å². The molecule has 0 saturated carbocycles. The molecule has 0 aromatic carbocycles. The number of amides is 1. The van der Waals surface area contributed by atoms with Gasteiger partial charge in [-0.1, -0.05) is 424 Å². The molecule has 484 valence electrons. The van der Waals surface area contributed by atoms with Crippen LogP contribution in [0.25, 0.3) is 0 Å². The number of hydrogen-bond donors (Lipinski definition) is 3. The van der Waals surface area contributed by atoms with E-state index in [0.717, 1.165) is 25.7 Å². The Morgan fingerprint density at radius 2 is 0.469 bits per heavy atom. The molecule has 2 unspecified atom stereocenters. The normalized spacial score (nSPS) is 12.6.